The van der Waals surface area contributed by atoms with E-state index >= 15 is 0 Å². The Morgan fingerprint density at radius 2 is 2.00 bits per heavy atom. The maximum Gasteiger partial charge on any atom is 0.376 e. The molecule has 0 amide bonds. The summed E-state index contributed by atoms with van der Waals surface area (Å²) < 4.78 is 24.7. The molecule has 13 heavy (non-hydrogen) atoms. The molecule has 0 bridgehead atoms. The van der Waals surface area contributed by atoms with E-state index in [1.165, 1.54) is 12.4 Å². The quantitative estimate of drug-likeness (QED) is 0.748. The lowest BCUT2D eigenvalue weighted by atomic mass is 11.0. The fourth-order valence-corrected chi connectivity index (χ4v) is 1.10. The van der Waals surface area contributed by atoms with Crippen molar-refractivity contribution in [3.8, 4) is 0 Å². The van der Waals surface area contributed by atoms with Crippen molar-refractivity contribution in [1.82, 2.24) is 9.71 Å². The van der Waals surface area contributed by atoms with E-state index in [2.05, 4.69) is 9.27 Å². The summed E-state index contributed by atoms with van der Waals surface area (Å²) in [6.45, 7) is 0. The predicted octanol–water partition coefficient (Wildman–Crippen LogP) is 0.969. The minimum Gasteiger partial charge on any atom is -0.283 e. The van der Waals surface area contributed by atoms with Crippen molar-refractivity contribution in [1.29, 1.82) is 0 Å². The van der Waals surface area contributed by atoms with Gasteiger partial charge in [0.2, 0.25) is 0 Å². The highest BCUT2D eigenvalue weighted by Gasteiger charge is 2.41. The molecule has 0 aliphatic rings. The number of alkyl halides is 3. The lowest BCUT2D eigenvalue weighted by Crippen LogP contribution is -2.30. The van der Waals surface area contributed by atoms with Crippen LogP contribution in [0.3, 0.4) is 0 Å². The van der Waals surface area contributed by atoms with Gasteiger partial charge in [-0.2, -0.15) is 13.1 Å². The zero-order valence-electron chi connectivity index (χ0n) is 5.89. The molecule has 0 saturated heterocycles. The molecule has 0 aliphatic carbocycles. The summed E-state index contributed by atoms with van der Waals surface area (Å²) in [6.07, 6.45) is 3.66. The van der Waals surface area contributed by atoms with Crippen LogP contribution in [0.4, 0.5) is 0 Å². The molecule has 0 fully saturated rings. The Balaban J connectivity index is 2.87. The van der Waals surface area contributed by atoms with Crippen LogP contribution in [0.15, 0.2) is 18.7 Å². The molecule has 1 aromatic rings. The number of hydrogen-bond donors (Lipinski definition) is 0. The average Bonchev–Trinajstić information content (AvgIpc) is 2.35. The average molecular weight is 266 g/mol. The van der Waals surface area contributed by atoms with Crippen LogP contribution >= 0.6 is 34.8 Å². The van der Waals surface area contributed by atoms with Crippen molar-refractivity contribution in [2.75, 3.05) is 0 Å². The molecule has 1 heterocycles. The SMILES string of the molecule is O=S(=O)(On1ccnc1)C(Cl)(Cl)Cl. The van der Waals surface area contributed by atoms with E-state index in [-0.39, 0.29) is 0 Å². The number of aromatic nitrogens is 2. The molecule has 74 valence electrons. The van der Waals surface area contributed by atoms with Gasteiger partial charge < -0.3 is 0 Å². The van der Waals surface area contributed by atoms with Crippen molar-refractivity contribution in [2.45, 2.75) is 3.12 Å². The third-order valence-corrected chi connectivity index (χ3v) is 3.58. The van der Waals surface area contributed by atoms with Gasteiger partial charge in [0.15, 0.2) is 0 Å². The van der Waals surface area contributed by atoms with Crippen molar-refractivity contribution in [2.24, 2.45) is 0 Å². The van der Waals surface area contributed by atoms with Gasteiger partial charge in [0.1, 0.15) is 6.33 Å². The standard InChI is InChI=1S/C4H3Cl3N2O3S/c5-4(6,7)13(10,11)12-9-2-1-8-3-9/h1-3H. The van der Waals surface area contributed by atoms with Crippen LogP contribution in [0.5, 0.6) is 0 Å². The first-order valence-corrected chi connectivity index (χ1v) is 5.36. The van der Waals surface area contributed by atoms with Gasteiger partial charge in [-0.3, -0.25) is 4.28 Å². The Kier molecular flexibility index (Phi) is 2.96. The van der Waals surface area contributed by atoms with Gasteiger partial charge in [-0.25, -0.2) is 4.98 Å². The summed E-state index contributed by atoms with van der Waals surface area (Å²) in [5.74, 6) is 0. The second-order valence-corrected chi connectivity index (χ2v) is 6.52. The summed E-state index contributed by atoms with van der Waals surface area (Å²) in [5.41, 5.74) is 0. The topological polar surface area (TPSA) is 61.2 Å². The molecule has 0 atom stereocenters. The number of imidazole rings is 1. The van der Waals surface area contributed by atoms with Crippen LogP contribution in [0.2, 0.25) is 0 Å². The van der Waals surface area contributed by atoms with E-state index in [4.69, 9.17) is 34.8 Å². The van der Waals surface area contributed by atoms with Crippen LogP contribution in [-0.2, 0) is 10.1 Å². The van der Waals surface area contributed by atoms with Crippen LogP contribution in [0.25, 0.3) is 0 Å². The summed E-state index contributed by atoms with van der Waals surface area (Å²) in [5, 5.41) is 0. The molecule has 1 aromatic heterocycles. The van der Waals surface area contributed by atoms with E-state index in [0.717, 1.165) is 11.1 Å². The normalized spacial score (nSPS) is 12.8. The van der Waals surface area contributed by atoms with Crippen LogP contribution in [0, 0.1) is 0 Å². The van der Waals surface area contributed by atoms with E-state index in [9.17, 15) is 8.42 Å². The number of hydrogen-bond acceptors (Lipinski definition) is 4. The first-order valence-electron chi connectivity index (χ1n) is 2.82. The minimum absolute atomic E-state index is 0.803. The zero-order chi connectivity index (χ0) is 10.1. The second kappa shape index (κ2) is 3.53. The lowest BCUT2D eigenvalue weighted by Gasteiger charge is -2.11. The van der Waals surface area contributed by atoms with Gasteiger partial charge in [-0.15, -0.1) is 0 Å². The molecule has 0 spiro atoms. The fourth-order valence-electron chi connectivity index (χ4n) is 0.447. The first-order chi connectivity index (χ1) is 5.83. The highest BCUT2D eigenvalue weighted by atomic mass is 35.6. The third kappa shape index (κ3) is 2.63. The monoisotopic (exact) mass is 264 g/mol. The Labute approximate surface area is 89.2 Å². The van der Waals surface area contributed by atoms with Gasteiger partial charge in [-0.1, -0.05) is 34.8 Å². The largest absolute Gasteiger partial charge is 0.376 e. The lowest BCUT2D eigenvalue weighted by molar-refractivity contribution is 0.278. The predicted molar refractivity (Wildman–Crippen MR) is 48.0 cm³/mol. The molecule has 0 radical (unpaired) electrons. The molecule has 1 rings (SSSR count). The highest BCUT2D eigenvalue weighted by Crippen LogP contribution is 2.32. The maximum absolute atomic E-state index is 11.1. The molecule has 0 aromatic carbocycles. The Morgan fingerprint density at radius 3 is 2.38 bits per heavy atom. The van der Waals surface area contributed by atoms with Crippen molar-refractivity contribution < 1.29 is 12.7 Å². The fraction of sp³-hybridized carbons (Fsp3) is 0.250. The van der Waals surface area contributed by atoms with E-state index in [1.807, 2.05) is 0 Å². The Morgan fingerprint density at radius 1 is 1.38 bits per heavy atom. The minimum atomic E-state index is -4.30. The molecular weight excluding hydrogens is 262 g/mol. The smallest absolute Gasteiger partial charge is 0.283 e. The van der Waals surface area contributed by atoms with E-state index < -0.39 is 13.2 Å². The van der Waals surface area contributed by atoms with E-state index in [1.54, 1.807) is 0 Å². The molecule has 0 unspecified atom stereocenters. The molecule has 0 N–H and O–H groups in total. The Hall–Kier alpha value is -0.170. The summed E-state index contributed by atoms with van der Waals surface area (Å²) >= 11 is 15.4. The van der Waals surface area contributed by atoms with Crippen molar-refractivity contribution in [3.63, 3.8) is 0 Å². The van der Waals surface area contributed by atoms with Gasteiger partial charge in [-0.05, 0) is 0 Å². The number of rotatable bonds is 2. The van der Waals surface area contributed by atoms with Gasteiger partial charge in [0, 0.05) is 6.20 Å². The Bertz CT molecular complexity index is 368. The second-order valence-electron chi connectivity index (χ2n) is 1.90. The summed E-state index contributed by atoms with van der Waals surface area (Å²) in [7, 11) is -4.30. The molecular formula is C4H3Cl3N2O3S. The molecule has 0 aliphatic heterocycles. The van der Waals surface area contributed by atoms with Crippen molar-refractivity contribution >= 4 is 44.9 Å². The van der Waals surface area contributed by atoms with Crippen LogP contribution < -0.4 is 4.28 Å². The number of halogens is 3. The van der Waals surface area contributed by atoms with Crippen LogP contribution in [-0.4, -0.2) is 21.3 Å². The number of nitrogens with zero attached hydrogens (tertiary/aromatic N) is 2. The third-order valence-electron chi connectivity index (χ3n) is 0.948. The van der Waals surface area contributed by atoms with E-state index in [0.29, 0.717) is 0 Å². The summed E-state index contributed by atoms with van der Waals surface area (Å²) in [4.78, 5) is 3.53. The maximum atomic E-state index is 11.1. The zero-order valence-corrected chi connectivity index (χ0v) is 8.98. The van der Waals surface area contributed by atoms with Crippen molar-refractivity contribution in [3.05, 3.63) is 18.7 Å². The van der Waals surface area contributed by atoms with Crippen LogP contribution in [0.1, 0.15) is 0 Å². The van der Waals surface area contributed by atoms with Gasteiger partial charge >= 0.3 is 13.2 Å². The van der Waals surface area contributed by atoms with Gasteiger partial charge in [0.25, 0.3) is 0 Å². The summed E-state index contributed by atoms with van der Waals surface area (Å²) in [6, 6.07) is 0. The molecule has 9 heteroatoms. The van der Waals surface area contributed by atoms with Gasteiger partial charge in [0.05, 0.1) is 6.20 Å². The highest BCUT2D eigenvalue weighted by molar-refractivity contribution is 7.93. The molecule has 0 saturated carbocycles. The first kappa shape index (κ1) is 10.9. The molecule has 5 nitrogen and oxygen atoms in total.